The maximum atomic E-state index is 5.72. The summed E-state index contributed by atoms with van der Waals surface area (Å²) >= 11 is 0. The lowest BCUT2D eigenvalue weighted by atomic mass is 10.0. The first-order valence-electron chi connectivity index (χ1n) is 4.68. The largest absolute Gasteiger partial charge is 0.384 e. The Morgan fingerprint density at radius 2 is 2.14 bits per heavy atom. The highest BCUT2D eigenvalue weighted by Crippen LogP contribution is 2.24. The second-order valence-electron chi connectivity index (χ2n) is 3.68. The number of fused-ring (bicyclic) bond motifs is 1. The Balaban J connectivity index is 2.80. The number of hydrogen-bond donors (Lipinski definition) is 1. The van der Waals surface area contributed by atoms with E-state index in [-0.39, 0.29) is 0 Å². The Hall–Kier alpha value is -1.64. The molecular formula is C11H13N3. The van der Waals surface area contributed by atoms with Crippen molar-refractivity contribution in [3.63, 3.8) is 0 Å². The number of nitrogens with two attached hydrogens (primary N) is 1. The Kier molecular flexibility index (Phi) is 2.08. The Bertz CT molecular complexity index is 463. The van der Waals surface area contributed by atoms with Crippen molar-refractivity contribution < 1.29 is 0 Å². The van der Waals surface area contributed by atoms with Crippen molar-refractivity contribution in [3.05, 3.63) is 30.2 Å². The molecule has 2 aromatic rings. The Morgan fingerprint density at radius 3 is 2.86 bits per heavy atom. The van der Waals surface area contributed by atoms with E-state index in [4.69, 9.17) is 5.73 Å². The molecule has 0 radical (unpaired) electrons. The number of nitrogen functional groups attached to an aromatic ring is 1. The first-order valence-corrected chi connectivity index (χ1v) is 4.68. The summed E-state index contributed by atoms with van der Waals surface area (Å²) in [6.07, 6.45) is 3.60. The second-order valence-corrected chi connectivity index (χ2v) is 3.68. The van der Waals surface area contributed by atoms with Crippen molar-refractivity contribution >= 4 is 16.6 Å². The lowest BCUT2D eigenvalue weighted by Crippen LogP contribution is -1.99. The zero-order valence-electron chi connectivity index (χ0n) is 8.36. The van der Waals surface area contributed by atoms with Gasteiger partial charge in [-0.2, -0.15) is 0 Å². The van der Waals surface area contributed by atoms with E-state index < -0.39 is 0 Å². The van der Waals surface area contributed by atoms with E-state index in [0.717, 1.165) is 16.5 Å². The van der Waals surface area contributed by atoms with Gasteiger partial charge in [-0.1, -0.05) is 13.8 Å². The molecule has 0 saturated heterocycles. The van der Waals surface area contributed by atoms with Crippen LogP contribution in [-0.4, -0.2) is 9.97 Å². The van der Waals surface area contributed by atoms with Gasteiger partial charge in [-0.15, -0.1) is 0 Å². The molecular weight excluding hydrogens is 174 g/mol. The summed E-state index contributed by atoms with van der Waals surface area (Å²) in [5, 5.41) is 2.20. The smallest absolute Gasteiger partial charge is 0.124 e. The van der Waals surface area contributed by atoms with E-state index in [1.165, 1.54) is 0 Å². The number of rotatable bonds is 1. The molecule has 3 nitrogen and oxygen atoms in total. The summed E-state index contributed by atoms with van der Waals surface area (Å²) in [6, 6.07) is 3.84. The van der Waals surface area contributed by atoms with Crippen molar-refractivity contribution in [1.29, 1.82) is 0 Å². The van der Waals surface area contributed by atoms with Gasteiger partial charge in [0.25, 0.3) is 0 Å². The summed E-state index contributed by atoms with van der Waals surface area (Å²) in [5.74, 6) is 0.942. The van der Waals surface area contributed by atoms with E-state index in [1.54, 1.807) is 6.20 Å². The first kappa shape index (κ1) is 8.94. The molecule has 0 aliphatic heterocycles. The van der Waals surface area contributed by atoms with Crippen LogP contribution in [0.1, 0.15) is 25.5 Å². The molecule has 0 unspecified atom stereocenters. The van der Waals surface area contributed by atoms with Gasteiger partial charge in [0.15, 0.2) is 0 Å². The molecule has 0 atom stereocenters. The van der Waals surface area contributed by atoms with Crippen LogP contribution < -0.4 is 5.73 Å². The predicted molar refractivity (Wildman–Crippen MR) is 58.0 cm³/mol. The molecule has 14 heavy (non-hydrogen) atoms. The van der Waals surface area contributed by atoms with Crippen LogP contribution in [0.5, 0.6) is 0 Å². The van der Waals surface area contributed by atoms with Gasteiger partial charge < -0.3 is 5.73 Å². The van der Waals surface area contributed by atoms with Crippen molar-refractivity contribution in [3.8, 4) is 0 Å². The van der Waals surface area contributed by atoms with Gasteiger partial charge in [-0.25, -0.2) is 4.98 Å². The minimum atomic E-state index is 0.378. The molecule has 0 aliphatic carbocycles. The Labute approximate surface area is 83.0 Å². The molecule has 0 fully saturated rings. The van der Waals surface area contributed by atoms with Crippen LogP contribution in [-0.2, 0) is 0 Å². The predicted octanol–water partition coefficient (Wildman–Crippen LogP) is 2.34. The van der Waals surface area contributed by atoms with Gasteiger partial charge in [0.05, 0.1) is 5.69 Å². The lowest BCUT2D eigenvalue weighted by Gasteiger charge is -2.09. The molecule has 0 saturated carbocycles. The van der Waals surface area contributed by atoms with Gasteiger partial charge in [-0.3, -0.25) is 4.98 Å². The van der Waals surface area contributed by atoms with Crippen LogP contribution in [0.25, 0.3) is 10.8 Å². The molecule has 2 aromatic heterocycles. The average molecular weight is 187 g/mol. The van der Waals surface area contributed by atoms with Crippen molar-refractivity contribution in [2.75, 3.05) is 5.73 Å². The van der Waals surface area contributed by atoms with Crippen LogP contribution in [0.15, 0.2) is 24.5 Å². The van der Waals surface area contributed by atoms with Crippen LogP contribution in [0.2, 0.25) is 0 Å². The number of hydrogen-bond acceptors (Lipinski definition) is 3. The third-order valence-corrected chi connectivity index (χ3v) is 2.23. The van der Waals surface area contributed by atoms with E-state index in [1.807, 2.05) is 18.3 Å². The Morgan fingerprint density at radius 1 is 1.36 bits per heavy atom. The molecule has 0 bridgehead atoms. The standard InChI is InChI=1S/C11H13N3/c1-7(2)11-9-3-4-13-6-8(9)5-10(12)14-11/h3-7H,1-2H3,(H2,12,14). The monoisotopic (exact) mass is 187 g/mol. The molecule has 0 spiro atoms. The van der Waals surface area contributed by atoms with Gasteiger partial charge in [0, 0.05) is 23.2 Å². The highest BCUT2D eigenvalue weighted by molar-refractivity contribution is 5.85. The SMILES string of the molecule is CC(C)c1nc(N)cc2cnccc12. The minimum absolute atomic E-state index is 0.378. The van der Waals surface area contributed by atoms with Crippen molar-refractivity contribution in [1.82, 2.24) is 9.97 Å². The fourth-order valence-electron chi connectivity index (χ4n) is 1.59. The molecule has 0 aromatic carbocycles. The summed E-state index contributed by atoms with van der Waals surface area (Å²) in [6.45, 7) is 4.23. The summed E-state index contributed by atoms with van der Waals surface area (Å²) < 4.78 is 0. The van der Waals surface area contributed by atoms with Crippen LogP contribution in [0.4, 0.5) is 5.82 Å². The van der Waals surface area contributed by atoms with Crippen LogP contribution in [0.3, 0.4) is 0 Å². The number of aromatic nitrogens is 2. The van der Waals surface area contributed by atoms with Gasteiger partial charge in [-0.05, 0) is 18.1 Å². The number of nitrogens with zero attached hydrogens (tertiary/aromatic N) is 2. The molecule has 2 heterocycles. The fraction of sp³-hybridized carbons (Fsp3) is 0.273. The fourth-order valence-corrected chi connectivity index (χ4v) is 1.59. The summed E-state index contributed by atoms with van der Waals surface area (Å²) in [7, 11) is 0. The molecule has 2 rings (SSSR count). The average Bonchev–Trinajstić information content (AvgIpc) is 2.16. The lowest BCUT2D eigenvalue weighted by molar-refractivity contribution is 0.836. The molecule has 3 heteroatoms. The van der Waals surface area contributed by atoms with Gasteiger partial charge in [0.2, 0.25) is 0 Å². The second kappa shape index (κ2) is 3.25. The van der Waals surface area contributed by atoms with Gasteiger partial charge in [0.1, 0.15) is 5.82 Å². The molecule has 2 N–H and O–H groups in total. The topological polar surface area (TPSA) is 51.8 Å². The van der Waals surface area contributed by atoms with Crippen LogP contribution in [0, 0.1) is 0 Å². The van der Waals surface area contributed by atoms with Crippen molar-refractivity contribution in [2.24, 2.45) is 0 Å². The third-order valence-electron chi connectivity index (χ3n) is 2.23. The quantitative estimate of drug-likeness (QED) is 0.745. The first-order chi connectivity index (χ1) is 6.68. The summed E-state index contributed by atoms with van der Waals surface area (Å²) in [5.41, 5.74) is 6.77. The number of pyridine rings is 2. The maximum absolute atomic E-state index is 5.72. The number of anilines is 1. The highest BCUT2D eigenvalue weighted by Gasteiger charge is 2.07. The van der Waals surface area contributed by atoms with E-state index in [0.29, 0.717) is 11.7 Å². The van der Waals surface area contributed by atoms with Crippen molar-refractivity contribution in [2.45, 2.75) is 19.8 Å². The van der Waals surface area contributed by atoms with E-state index in [2.05, 4.69) is 23.8 Å². The zero-order valence-corrected chi connectivity index (χ0v) is 8.36. The van der Waals surface area contributed by atoms with E-state index >= 15 is 0 Å². The zero-order chi connectivity index (χ0) is 10.1. The summed E-state index contributed by atoms with van der Waals surface area (Å²) in [4.78, 5) is 8.42. The van der Waals surface area contributed by atoms with E-state index in [9.17, 15) is 0 Å². The molecule has 0 amide bonds. The minimum Gasteiger partial charge on any atom is -0.384 e. The van der Waals surface area contributed by atoms with Crippen LogP contribution >= 0.6 is 0 Å². The third kappa shape index (κ3) is 1.41. The maximum Gasteiger partial charge on any atom is 0.124 e. The van der Waals surface area contributed by atoms with Gasteiger partial charge >= 0.3 is 0 Å². The normalized spacial score (nSPS) is 11.1. The molecule has 72 valence electrons. The molecule has 0 aliphatic rings. The highest BCUT2D eigenvalue weighted by atomic mass is 14.8.